The molecule has 3 N–H and O–H groups in total. The average molecular weight is 287 g/mol. The third-order valence-electron chi connectivity index (χ3n) is 3.77. The zero-order valence-electron chi connectivity index (χ0n) is 12.1. The molecule has 0 aromatic rings. The number of carbonyl (C=O) groups excluding carboxylic acids is 1. The molecular weight excluding hydrogens is 262 g/mol. The van der Waals surface area contributed by atoms with Gasteiger partial charge in [0.2, 0.25) is 5.91 Å². The van der Waals surface area contributed by atoms with Crippen LogP contribution >= 0.6 is 12.2 Å². The minimum absolute atomic E-state index is 0.0748. The fourth-order valence-electron chi connectivity index (χ4n) is 2.05. The van der Waals surface area contributed by atoms with E-state index >= 15 is 0 Å². The first kappa shape index (κ1) is 16.3. The monoisotopic (exact) mass is 287 g/mol. The lowest BCUT2D eigenvalue weighted by molar-refractivity contribution is -0.127. The minimum Gasteiger partial charge on any atom is -0.392 e. The Balaban J connectivity index is 2.48. The van der Waals surface area contributed by atoms with Crippen LogP contribution in [0.15, 0.2) is 0 Å². The lowest BCUT2D eigenvalue weighted by Gasteiger charge is -2.32. The van der Waals surface area contributed by atoms with Gasteiger partial charge < -0.3 is 15.8 Å². The maximum Gasteiger partial charge on any atom is 0.233 e. The first-order valence-electron chi connectivity index (χ1n) is 6.81. The zero-order chi connectivity index (χ0) is 14.5. The molecule has 6 heteroatoms. The number of nitrogens with one attached hydrogen (secondary N) is 1. The number of carbonyl (C=O) groups is 1. The van der Waals surface area contributed by atoms with Crippen molar-refractivity contribution in [1.82, 2.24) is 10.2 Å². The van der Waals surface area contributed by atoms with Crippen LogP contribution in [0.1, 0.15) is 27.2 Å². The molecule has 1 rings (SSSR count). The topological polar surface area (TPSA) is 67.6 Å². The van der Waals surface area contributed by atoms with Gasteiger partial charge in [0.15, 0.2) is 0 Å². The molecule has 1 aliphatic heterocycles. The molecule has 0 bridgehead atoms. The number of nitrogens with zero attached hydrogens (tertiary/aromatic N) is 1. The fourth-order valence-corrected chi connectivity index (χ4v) is 2.28. The van der Waals surface area contributed by atoms with Gasteiger partial charge in [-0.2, -0.15) is 0 Å². The minimum atomic E-state index is -0.755. The van der Waals surface area contributed by atoms with E-state index in [1.165, 1.54) is 0 Å². The summed E-state index contributed by atoms with van der Waals surface area (Å²) in [5.41, 5.74) is 4.93. The molecule has 1 amide bonds. The van der Waals surface area contributed by atoms with E-state index in [9.17, 15) is 4.79 Å². The van der Waals surface area contributed by atoms with Gasteiger partial charge in [-0.25, -0.2) is 0 Å². The van der Waals surface area contributed by atoms with Crippen molar-refractivity contribution in [3.05, 3.63) is 0 Å². The van der Waals surface area contributed by atoms with E-state index in [0.29, 0.717) is 6.42 Å². The Morgan fingerprint density at radius 3 is 2.58 bits per heavy atom. The van der Waals surface area contributed by atoms with Gasteiger partial charge in [-0.15, -0.1) is 0 Å². The molecule has 110 valence electrons. The van der Waals surface area contributed by atoms with Crippen molar-refractivity contribution in [3.8, 4) is 0 Å². The van der Waals surface area contributed by atoms with E-state index < -0.39 is 5.41 Å². The smallest absolute Gasteiger partial charge is 0.233 e. The number of rotatable bonds is 6. The Labute approximate surface area is 120 Å². The molecule has 0 saturated carbocycles. The summed E-state index contributed by atoms with van der Waals surface area (Å²) < 4.78 is 5.30. The summed E-state index contributed by atoms with van der Waals surface area (Å²) in [7, 11) is 0. The third-order valence-corrected chi connectivity index (χ3v) is 4.22. The number of morpholine rings is 1. The van der Waals surface area contributed by atoms with Crippen LogP contribution in [-0.2, 0) is 9.53 Å². The summed E-state index contributed by atoms with van der Waals surface area (Å²) in [6, 6.07) is 0.0748. The Hall–Kier alpha value is -0.720. The predicted octanol–water partition coefficient (Wildman–Crippen LogP) is 0.526. The second-order valence-electron chi connectivity index (χ2n) is 5.34. The zero-order valence-corrected chi connectivity index (χ0v) is 12.9. The van der Waals surface area contributed by atoms with Gasteiger partial charge in [0.25, 0.3) is 0 Å². The van der Waals surface area contributed by atoms with Crippen LogP contribution in [0.4, 0.5) is 0 Å². The number of nitrogens with two attached hydrogens (primary N) is 1. The number of amides is 1. The van der Waals surface area contributed by atoms with Crippen molar-refractivity contribution in [2.24, 2.45) is 11.1 Å². The molecule has 1 heterocycles. The van der Waals surface area contributed by atoms with Gasteiger partial charge in [0.1, 0.15) is 0 Å². The molecule has 1 aliphatic rings. The molecule has 1 fully saturated rings. The summed E-state index contributed by atoms with van der Waals surface area (Å²) >= 11 is 5.01. The van der Waals surface area contributed by atoms with Crippen LogP contribution in [0.3, 0.4) is 0 Å². The fraction of sp³-hybridized carbons (Fsp3) is 0.846. The predicted molar refractivity (Wildman–Crippen MR) is 80.0 cm³/mol. The summed E-state index contributed by atoms with van der Waals surface area (Å²) in [6.45, 7) is 9.91. The Bertz CT molecular complexity index is 332. The van der Waals surface area contributed by atoms with Gasteiger partial charge in [-0.05, 0) is 20.3 Å². The molecule has 19 heavy (non-hydrogen) atoms. The molecule has 2 unspecified atom stereocenters. The first-order valence-corrected chi connectivity index (χ1v) is 7.22. The van der Waals surface area contributed by atoms with Crippen molar-refractivity contribution < 1.29 is 9.53 Å². The van der Waals surface area contributed by atoms with Gasteiger partial charge in [0.05, 0.1) is 23.6 Å². The van der Waals surface area contributed by atoms with Gasteiger partial charge in [-0.1, -0.05) is 19.1 Å². The van der Waals surface area contributed by atoms with Crippen LogP contribution in [-0.4, -0.2) is 54.7 Å². The van der Waals surface area contributed by atoms with Crippen LogP contribution in [0.25, 0.3) is 0 Å². The Morgan fingerprint density at radius 2 is 2.11 bits per heavy atom. The highest BCUT2D eigenvalue weighted by molar-refractivity contribution is 7.80. The summed E-state index contributed by atoms with van der Waals surface area (Å²) in [5, 5.41) is 3.01. The van der Waals surface area contributed by atoms with E-state index in [1.54, 1.807) is 6.92 Å². The lowest BCUT2D eigenvalue weighted by Crippen LogP contribution is -2.52. The molecule has 0 radical (unpaired) electrons. The standard InChI is InChI=1S/C13H25N3O2S/c1-4-13(3,11(14)19)12(17)15-10(2)9-16-5-7-18-8-6-16/h10H,4-9H2,1-3H3,(H2,14,19)(H,15,17). The van der Waals surface area contributed by atoms with Gasteiger partial charge in [-0.3, -0.25) is 9.69 Å². The van der Waals surface area contributed by atoms with Crippen molar-refractivity contribution in [2.75, 3.05) is 32.8 Å². The summed E-state index contributed by atoms with van der Waals surface area (Å²) in [5.74, 6) is -0.0803. The molecule has 5 nitrogen and oxygen atoms in total. The van der Waals surface area contributed by atoms with Crippen molar-refractivity contribution in [1.29, 1.82) is 0 Å². The van der Waals surface area contributed by atoms with E-state index in [0.717, 1.165) is 32.8 Å². The normalized spacial score (nSPS) is 21.4. The van der Waals surface area contributed by atoms with Crippen molar-refractivity contribution >= 4 is 23.1 Å². The lowest BCUT2D eigenvalue weighted by atomic mass is 9.86. The van der Waals surface area contributed by atoms with Crippen molar-refractivity contribution in [3.63, 3.8) is 0 Å². The highest BCUT2D eigenvalue weighted by Gasteiger charge is 2.35. The van der Waals surface area contributed by atoms with Crippen LogP contribution in [0, 0.1) is 5.41 Å². The van der Waals surface area contributed by atoms with Gasteiger partial charge >= 0.3 is 0 Å². The van der Waals surface area contributed by atoms with Crippen LogP contribution in [0.2, 0.25) is 0 Å². The average Bonchev–Trinajstić information content (AvgIpc) is 2.38. The van der Waals surface area contributed by atoms with E-state index in [1.807, 2.05) is 13.8 Å². The molecular formula is C13H25N3O2S. The Morgan fingerprint density at radius 1 is 1.53 bits per heavy atom. The summed E-state index contributed by atoms with van der Waals surface area (Å²) in [4.78, 5) is 14.8. The highest BCUT2D eigenvalue weighted by Crippen LogP contribution is 2.21. The Kier molecular flexibility index (Phi) is 6.16. The number of hydrogen-bond donors (Lipinski definition) is 2. The second kappa shape index (κ2) is 7.17. The second-order valence-corrected chi connectivity index (χ2v) is 5.78. The SMILES string of the molecule is CCC(C)(C(=O)NC(C)CN1CCOCC1)C(N)=S. The third kappa shape index (κ3) is 4.40. The first-order chi connectivity index (χ1) is 8.90. The molecule has 2 atom stereocenters. The summed E-state index contributed by atoms with van der Waals surface area (Å²) in [6.07, 6.45) is 0.610. The highest BCUT2D eigenvalue weighted by atomic mass is 32.1. The molecule has 0 aromatic carbocycles. The van der Waals surface area contributed by atoms with Crippen LogP contribution < -0.4 is 11.1 Å². The molecule has 0 spiro atoms. The maximum absolute atomic E-state index is 12.3. The molecule has 0 aromatic heterocycles. The molecule has 0 aliphatic carbocycles. The van der Waals surface area contributed by atoms with E-state index in [-0.39, 0.29) is 16.9 Å². The quantitative estimate of drug-likeness (QED) is 0.697. The largest absolute Gasteiger partial charge is 0.392 e. The van der Waals surface area contributed by atoms with E-state index in [2.05, 4.69) is 10.2 Å². The number of thiocarbonyl (C=S) groups is 1. The van der Waals surface area contributed by atoms with E-state index in [4.69, 9.17) is 22.7 Å². The van der Waals surface area contributed by atoms with Crippen molar-refractivity contribution in [2.45, 2.75) is 33.2 Å². The number of ether oxygens (including phenoxy) is 1. The maximum atomic E-state index is 12.3. The number of hydrogen-bond acceptors (Lipinski definition) is 4. The molecule has 1 saturated heterocycles. The van der Waals surface area contributed by atoms with Crippen LogP contribution in [0.5, 0.6) is 0 Å². The van der Waals surface area contributed by atoms with Gasteiger partial charge in [0, 0.05) is 25.7 Å².